The summed E-state index contributed by atoms with van der Waals surface area (Å²) in [5.41, 5.74) is -0.140. The van der Waals surface area contributed by atoms with Gasteiger partial charge in [0, 0.05) is 15.6 Å². The van der Waals surface area contributed by atoms with Crippen LogP contribution in [0.15, 0.2) is 29.2 Å². The van der Waals surface area contributed by atoms with E-state index in [-0.39, 0.29) is 0 Å². The molecular weight excluding hydrogens is 256 g/mol. The minimum absolute atomic E-state index is 0.433. The Balaban J connectivity index is 3.32. The van der Waals surface area contributed by atoms with Gasteiger partial charge in [-0.05, 0) is 25.5 Å². The highest BCUT2D eigenvalue weighted by atomic mass is 32.2. The molecule has 0 unspecified atom stereocenters. The van der Waals surface area contributed by atoms with Gasteiger partial charge in [0.2, 0.25) is 0 Å². The topological polar surface area (TPSA) is 37.3 Å². The highest BCUT2D eigenvalue weighted by Crippen LogP contribution is 2.45. The van der Waals surface area contributed by atoms with Crippen LogP contribution in [0, 0.1) is 5.41 Å². The summed E-state index contributed by atoms with van der Waals surface area (Å²) >= 11 is 1.79. The van der Waals surface area contributed by atoms with Gasteiger partial charge in [-0.3, -0.25) is 4.79 Å². The summed E-state index contributed by atoms with van der Waals surface area (Å²) in [6.07, 6.45) is 0. The Bertz CT molecular complexity index is 462. The first-order valence-electron chi connectivity index (χ1n) is 6.60. The van der Waals surface area contributed by atoms with Crippen LogP contribution in [0.4, 0.5) is 0 Å². The minimum Gasteiger partial charge on any atom is -0.481 e. The molecular formula is C16H24O2S. The van der Waals surface area contributed by atoms with Crippen molar-refractivity contribution in [1.29, 1.82) is 0 Å². The lowest BCUT2D eigenvalue weighted by Crippen LogP contribution is -2.43. The molecule has 0 amide bonds. The van der Waals surface area contributed by atoms with Gasteiger partial charge < -0.3 is 5.11 Å². The molecule has 19 heavy (non-hydrogen) atoms. The second-order valence-corrected chi connectivity index (χ2v) is 7.84. The number of thioether (sulfide) groups is 1. The molecule has 0 aliphatic carbocycles. The fourth-order valence-corrected chi connectivity index (χ4v) is 3.06. The van der Waals surface area contributed by atoms with Crippen LogP contribution in [-0.4, -0.2) is 16.3 Å². The zero-order valence-electron chi connectivity index (χ0n) is 12.7. The van der Waals surface area contributed by atoms with Crippen LogP contribution < -0.4 is 0 Å². The fraction of sp³-hybridized carbons (Fsp3) is 0.562. The van der Waals surface area contributed by atoms with E-state index >= 15 is 0 Å². The molecule has 0 bridgehead atoms. The number of aliphatic carboxylic acids is 1. The van der Waals surface area contributed by atoms with Gasteiger partial charge in [0.25, 0.3) is 0 Å². The van der Waals surface area contributed by atoms with Crippen molar-refractivity contribution in [2.24, 2.45) is 5.41 Å². The third-order valence-corrected chi connectivity index (χ3v) is 5.10. The molecule has 0 radical (unpaired) electrons. The van der Waals surface area contributed by atoms with Crippen LogP contribution in [0.25, 0.3) is 0 Å². The van der Waals surface area contributed by atoms with Crippen molar-refractivity contribution in [2.75, 3.05) is 0 Å². The zero-order chi connectivity index (χ0) is 14.8. The number of hydrogen-bond acceptors (Lipinski definition) is 2. The fourth-order valence-electron chi connectivity index (χ4n) is 1.94. The van der Waals surface area contributed by atoms with Crippen LogP contribution in [0.5, 0.6) is 0 Å². The molecule has 1 aromatic carbocycles. The lowest BCUT2D eigenvalue weighted by molar-refractivity contribution is -0.150. The predicted octanol–water partition coefficient (Wildman–Crippen LogP) is 4.58. The van der Waals surface area contributed by atoms with E-state index in [1.165, 1.54) is 4.90 Å². The smallest absolute Gasteiger partial charge is 0.309 e. The van der Waals surface area contributed by atoms with E-state index < -0.39 is 16.8 Å². The Labute approximate surface area is 120 Å². The van der Waals surface area contributed by atoms with Crippen molar-refractivity contribution < 1.29 is 9.90 Å². The number of carboxylic acid groups (broad SMARTS) is 1. The van der Waals surface area contributed by atoms with E-state index in [4.69, 9.17) is 0 Å². The summed E-state index contributed by atoms with van der Waals surface area (Å²) in [4.78, 5) is 12.7. The van der Waals surface area contributed by atoms with Gasteiger partial charge in [-0.2, -0.15) is 0 Å². The summed E-state index contributed by atoms with van der Waals surface area (Å²) in [5.74, 6) is -0.762. The molecule has 0 atom stereocenters. The number of carboxylic acids is 1. The van der Waals surface area contributed by atoms with Crippen LogP contribution in [0.1, 0.15) is 47.1 Å². The molecule has 0 fully saturated rings. The van der Waals surface area contributed by atoms with Crippen LogP contribution in [0.3, 0.4) is 0 Å². The lowest BCUT2D eigenvalue weighted by Gasteiger charge is -2.39. The molecule has 3 heteroatoms. The summed E-state index contributed by atoms with van der Waals surface area (Å²) in [5, 5.41) is 9.98. The van der Waals surface area contributed by atoms with E-state index in [9.17, 15) is 9.90 Å². The standard InChI is InChI=1S/C16H24O2S/c1-11(2)19-13-10-8-7-9-12(13)15(3,4)16(5,6)14(17)18/h7-11H,1-6H3,(H,17,18). The molecule has 1 rings (SSSR count). The minimum atomic E-state index is -0.819. The first kappa shape index (κ1) is 16.1. The third-order valence-electron chi connectivity index (χ3n) is 4.02. The molecule has 0 saturated carbocycles. The highest BCUT2D eigenvalue weighted by molar-refractivity contribution is 8.00. The predicted molar refractivity (Wildman–Crippen MR) is 81.9 cm³/mol. The van der Waals surface area contributed by atoms with E-state index in [0.29, 0.717) is 5.25 Å². The molecule has 106 valence electrons. The van der Waals surface area contributed by atoms with Gasteiger partial charge in [0.1, 0.15) is 0 Å². The van der Waals surface area contributed by atoms with E-state index in [1.54, 1.807) is 25.6 Å². The maximum absolute atomic E-state index is 11.6. The second kappa shape index (κ2) is 5.58. The van der Waals surface area contributed by atoms with E-state index in [2.05, 4.69) is 26.0 Å². The monoisotopic (exact) mass is 280 g/mol. The lowest BCUT2D eigenvalue weighted by atomic mass is 9.64. The van der Waals surface area contributed by atoms with Crippen molar-refractivity contribution >= 4 is 17.7 Å². The molecule has 2 nitrogen and oxygen atoms in total. The average Bonchev–Trinajstić information content (AvgIpc) is 2.28. The second-order valence-electron chi connectivity index (χ2n) is 6.22. The number of rotatable bonds is 5. The first-order valence-corrected chi connectivity index (χ1v) is 7.48. The Morgan fingerprint density at radius 3 is 2.16 bits per heavy atom. The van der Waals surface area contributed by atoms with Crippen molar-refractivity contribution in [3.8, 4) is 0 Å². The van der Waals surface area contributed by atoms with Crippen molar-refractivity contribution in [2.45, 2.75) is 57.1 Å². The number of carbonyl (C=O) groups is 1. The van der Waals surface area contributed by atoms with Gasteiger partial charge in [-0.25, -0.2) is 0 Å². The molecule has 1 N–H and O–H groups in total. The molecule has 0 aliphatic heterocycles. The van der Waals surface area contributed by atoms with Crippen molar-refractivity contribution in [1.82, 2.24) is 0 Å². The summed E-state index contributed by atoms with van der Waals surface area (Å²) < 4.78 is 0. The Morgan fingerprint density at radius 2 is 1.68 bits per heavy atom. The Hall–Kier alpha value is -0.960. The van der Waals surface area contributed by atoms with Crippen LogP contribution >= 0.6 is 11.8 Å². The van der Waals surface area contributed by atoms with E-state index in [0.717, 1.165) is 5.56 Å². The van der Waals surface area contributed by atoms with E-state index in [1.807, 2.05) is 26.0 Å². The molecule has 0 saturated heterocycles. The van der Waals surface area contributed by atoms with Crippen molar-refractivity contribution in [3.63, 3.8) is 0 Å². The van der Waals surface area contributed by atoms with Crippen LogP contribution in [0.2, 0.25) is 0 Å². The highest BCUT2D eigenvalue weighted by Gasteiger charge is 2.45. The summed E-state index contributed by atoms with van der Waals surface area (Å²) in [6.45, 7) is 11.9. The zero-order valence-corrected chi connectivity index (χ0v) is 13.5. The quantitative estimate of drug-likeness (QED) is 0.802. The molecule has 0 aromatic heterocycles. The van der Waals surface area contributed by atoms with Crippen molar-refractivity contribution in [3.05, 3.63) is 29.8 Å². The Morgan fingerprint density at radius 1 is 1.16 bits per heavy atom. The maximum Gasteiger partial charge on any atom is 0.309 e. The molecule has 0 heterocycles. The number of hydrogen-bond donors (Lipinski definition) is 1. The van der Waals surface area contributed by atoms with Gasteiger partial charge in [-0.1, -0.05) is 45.9 Å². The van der Waals surface area contributed by atoms with Crippen LogP contribution in [-0.2, 0) is 10.2 Å². The van der Waals surface area contributed by atoms with Gasteiger partial charge in [0.05, 0.1) is 5.41 Å². The van der Waals surface area contributed by atoms with Gasteiger partial charge in [-0.15, -0.1) is 11.8 Å². The number of benzene rings is 1. The SMILES string of the molecule is CC(C)Sc1ccccc1C(C)(C)C(C)(C)C(=O)O. The molecule has 0 spiro atoms. The normalized spacial score (nSPS) is 12.8. The summed E-state index contributed by atoms with van der Waals surface area (Å²) in [7, 11) is 0. The third kappa shape index (κ3) is 3.14. The Kier molecular flexibility index (Phi) is 4.72. The molecule has 0 aliphatic rings. The maximum atomic E-state index is 11.6. The largest absolute Gasteiger partial charge is 0.481 e. The van der Waals surface area contributed by atoms with Gasteiger partial charge >= 0.3 is 5.97 Å². The molecule has 1 aromatic rings. The summed E-state index contributed by atoms with van der Waals surface area (Å²) in [6, 6.07) is 8.13. The first-order chi connectivity index (χ1) is 8.60. The van der Waals surface area contributed by atoms with Gasteiger partial charge in [0.15, 0.2) is 0 Å². The average molecular weight is 280 g/mol.